The molecule has 15 heavy (non-hydrogen) atoms. The van der Waals surface area contributed by atoms with Crippen LogP contribution >= 0.6 is 0 Å². The van der Waals surface area contributed by atoms with Crippen LogP contribution < -0.4 is 0 Å². The Hall–Kier alpha value is -0.160. The molecule has 4 nitrogen and oxygen atoms in total. The minimum atomic E-state index is -0.0131. The van der Waals surface area contributed by atoms with E-state index in [4.69, 9.17) is 14.6 Å². The third kappa shape index (κ3) is 4.93. The fraction of sp³-hybridized carbons (Fsp3) is 1.00. The van der Waals surface area contributed by atoms with Crippen LogP contribution in [0.5, 0.6) is 0 Å². The molecular weight excluding hydrogens is 194 g/mol. The molecule has 0 aliphatic carbocycles. The maximum absolute atomic E-state index is 9.06. The van der Waals surface area contributed by atoms with Gasteiger partial charge in [0.2, 0.25) is 0 Å². The molecule has 2 unspecified atom stereocenters. The van der Waals surface area contributed by atoms with E-state index in [1.165, 1.54) is 0 Å². The molecule has 1 heterocycles. The van der Waals surface area contributed by atoms with Gasteiger partial charge in [0.1, 0.15) is 0 Å². The summed E-state index contributed by atoms with van der Waals surface area (Å²) in [5, 5.41) is 9.06. The topological polar surface area (TPSA) is 41.9 Å². The molecule has 1 N–H and O–H groups in total. The van der Waals surface area contributed by atoms with Crippen molar-refractivity contribution >= 4 is 0 Å². The van der Waals surface area contributed by atoms with Crippen LogP contribution in [0, 0.1) is 0 Å². The van der Waals surface area contributed by atoms with E-state index in [-0.39, 0.29) is 18.8 Å². The predicted molar refractivity (Wildman–Crippen MR) is 59.0 cm³/mol. The van der Waals surface area contributed by atoms with Crippen molar-refractivity contribution < 1.29 is 14.6 Å². The van der Waals surface area contributed by atoms with Crippen molar-refractivity contribution in [1.82, 2.24) is 4.90 Å². The van der Waals surface area contributed by atoms with Gasteiger partial charge in [-0.3, -0.25) is 4.90 Å². The first-order chi connectivity index (χ1) is 7.26. The van der Waals surface area contributed by atoms with E-state index in [1.54, 1.807) is 0 Å². The average molecular weight is 217 g/mol. The van der Waals surface area contributed by atoms with Crippen LogP contribution in [-0.2, 0) is 9.47 Å². The van der Waals surface area contributed by atoms with Gasteiger partial charge in [-0.1, -0.05) is 0 Å². The maximum atomic E-state index is 9.06. The van der Waals surface area contributed by atoms with Crippen molar-refractivity contribution in [2.24, 2.45) is 0 Å². The Morgan fingerprint density at radius 3 is 2.93 bits per heavy atom. The number of rotatable bonds is 6. The lowest BCUT2D eigenvalue weighted by molar-refractivity contribution is -0.0959. The zero-order chi connectivity index (χ0) is 11.1. The molecule has 1 saturated heterocycles. The van der Waals surface area contributed by atoms with Gasteiger partial charge in [0.05, 0.1) is 18.8 Å². The summed E-state index contributed by atoms with van der Waals surface area (Å²) >= 11 is 0. The number of nitrogens with zero attached hydrogens (tertiary/aromatic N) is 1. The quantitative estimate of drug-likeness (QED) is 0.658. The lowest BCUT2D eigenvalue weighted by atomic mass is 10.2. The Kier molecular flexibility index (Phi) is 6.17. The van der Waals surface area contributed by atoms with Gasteiger partial charge >= 0.3 is 0 Å². The number of aliphatic hydroxyl groups is 1. The standard InChI is InChI=1S/C11H23NO3/c1-3-14-6-4-5-12-7-10(2)15-11(8-12)9-13/h10-11,13H,3-9H2,1-2H3. The summed E-state index contributed by atoms with van der Waals surface area (Å²) in [5.74, 6) is 0. The van der Waals surface area contributed by atoms with Crippen molar-refractivity contribution in [3.05, 3.63) is 0 Å². The van der Waals surface area contributed by atoms with E-state index in [9.17, 15) is 0 Å². The van der Waals surface area contributed by atoms with Crippen LogP contribution in [0.3, 0.4) is 0 Å². The maximum Gasteiger partial charge on any atom is 0.0936 e. The minimum absolute atomic E-state index is 0.0131. The van der Waals surface area contributed by atoms with Gasteiger partial charge in [-0.2, -0.15) is 0 Å². The summed E-state index contributed by atoms with van der Waals surface area (Å²) in [6.45, 7) is 8.63. The van der Waals surface area contributed by atoms with Crippen LogP contribution in [0.4, 0.5) is 0 Å². The molecule has 0 radical (unpaired) electrons. The second kappa shape index (κ2) is 7.17. The lowest BCUT2D eigenvalue weighted by Crippen LogP contribution is -2.48. The van der Waals surface area contributed by atoms with Crippen molar-refractivity contribution in [2.45, 2.75) is 32.5 Å². The van der Waals surface area contributed by atoms with Gasteiger partial charge in [0.15, 0.2) is 0 Å². The molecule has 90 valence electrons. The van der Waals surface area contributed by atoms with Crippen LogP contribution in [0.25, 0.3) is 0 Å². The third-order valence-electron chi connectivity index (χ3n) is 2.57. The first-order valence-electron chi connectivity index (χ1n) is 5.82. The fourth-order valence-corrected chi connectivity index (χ4v) is 1.96. The molecule has 0 amide bonds. The Morgan fingerprint density at radius 2 is 2.27 bits per heavy atom. The molecule has 0 saturated carbocycles. The summed E-state index contributed by atoms with van der Waals surface area (Å²) in [7, 11) is 0. The summed E-state index contributed by atoms with van der Waals surface area (Å²) in [4.78, 5) is 2.34. The first-order valence-corrected chi connectivity index (χ1v) is 5.82. The SMILES string of the molecule is CCOCCCN1CC(C)OC(CO)C1. The van der Waals surface area contributed by atoms with Crippen molar-refractivity contribution in [2.75, 3.05) is 39.5 Å². The van der Waals surface area contributed by atoms with E-state index in [2.05, 4.69) is 11.8 Å². The molecule has 2 atom stereocenters. The van der Waals surface area contributed by atoms with E-state index in [0.717, 1.165) is 39.3 Å². The highest BCUT2D eigenvalue weighted by Gasteiger charge is 2.23. The van der Waals surface area contributed by atoms with Crippen LogP contribution in [0.15, 0.2) is 0 Å². The second-order valence-electron chi connectivity index (χ2n) is 4.06. The van der Waals surface area contributed by atoms with E-state index >= 15 is 0 Å². The molecule has 0 bridgehead atoms. The second-order valence-corrected chi connectivity index (χ2v) is 4.06. The zero-order valence-corrected chi connectivity index (χ0v) is 9.82. The Morgan fingerprint density at radius 1 is 1.47 bits per heavy atom. The number of morpholine rings is 1. The van der Waals surface area contributed by atoms with Crippen LogP contribution in [0.2, 0.25) is 0 Å². The van der Waals surface area contributed by atoms with Gasteiger partial charge < -0.3 is 14.6 Å². The molecule has 1 rings (SSSR count). The van der Waals surface area contributed by atoms with E-state index in [0.29, 0.717) is 0 Å². The van der Waals surface area contributed by atoms with Crippen molar-refractivity contribution in [3.63, 3.8) is 0 Å². The monoisotopic (exact) mass is 217 g/mol. The van der Waals surface area contributed by atoms with E-state index in [1.807, 2.05) is 6.92 Å². The number of hydrogen-bond donors (Lipinski definition) is 1. The molecule has 0 aromatic heterocycles. The van der Waals surface area contributed by atoms with Crippen LogP contribution in [0.1, 0.15) is 20.3 Å². The summed E-state index contributed by atoms with van der Waals surface area (Å²) in [6, 6.07) is 0. The third-order valence-corrected chi connectivity index (χ3v) is 2.57. The fourth-order valence-electron chi connectivity index (χ4n) is 1.96. The molecule has 0 aromatic rings. The van der Waals surface area contributed by atoms with E-state index < -0.39 is 0 Å². The van der Waals surface area contributed by atoms with Gasteiger partial charge in [0, 0.05) is 32.8 Å². The molecular formula is C11H23NO3. The molecule has 1 aliphatic heterocycles. The molecule has 1 fully saturated rings. The lowest BCUT2D eigenvalue weighted by Gasteiger charge is -2.36. The molecule has 4 heteroatoms. The number of aliphatic hydroxyl groups excluding tert-OH is 1. The van der Waals surface area contributed by atoms with Crippen molar-refractivity contribution in [1.29, 1.82) is 0 Å². The highest BCUT2D eigenvalue weighted by molar-refractivity contribution is 4.74. The Labute approximate surface area is 92.2 Å². The highest BCUT2D eigenvalue weighted by Crippen LogP contribution is 2.10. The highest BCUT2D eigenvalue weighted by atomic mass is 16.5. The van der Waals surface area contributed by atoms with Crippen LogP contribution in [-0.4, -0.2) is 61.7 Å². The number of ether oxygens (including phenoxy) is 2. The normalized spacial score (nSPS) is 28.2. The summed E-state index contributed by atoms with van der Waals surface area (Å²) < 4.78 is 10.9. The predicted octanol–water partition coefficient (Wildman–Crippen LogP) is 0.495. The first kappa shape index (κ1) is 12.9. The largest absolute Gasteiger partial charge is 0.394 e. The minimum Gasteiger partial charge on any atom is -0.394 e. The Balaban J connectivity index is 2.16. The number of hydrogen-bond acceptors (Lipinski definition) is 4. The summed E-state index contributed by atoms with van der Waals surface area (Å²) in [5.41, 5.74) is 0. The van der Waals surface area contributed by atoms with Gasteiger partial charge in [-0.15, -0.1) is 0 Å². The smallest absolute Gasteiger partial charge is 0.0936 e. The summed E-state index contributed by atoms with van der Waals surface area (Å²) in [6.07, 6.45) is 1.27. The molecule has 0 spiro atoms. The molecule has 0 aromatic carbocycles. The molecule has 1 aliphatic rings. The Bertz CT molecular complexity index is 166. The average Bonchev–Trinajstić information content (AvgIpc) is 2.23. The zero-order valence-electron chi connectivity index (χ0n) is 9.82. The van der Waals surface area contributed by atoms with Gasteiger partial charge in [-0.05, 0) is 20.3 Å². The van der Waals surface area contributed by atoms with Gasteiger partial charge in [0.25, 0.3) is 0 Å². The van der Waals surface area contributed by atoms with Crippen molar-refractivity contribution in [3.8, 4) is 0 Å². The van der Waals surface area contributed by atoms with Gasteiger partial charge in [-0.25, -0.2) is 0 Å².